The normalized spacial score (nSPS) is 13.5. The minimum absolute atomic E-state index is 0.317. The molecule has 0 unspecified atom stereocenters. The summed E-state index contributed by atoms with van der Waals surface area (Å²) in [6, 6.07) is 30.7. The fraction of sp³-hybridized carbons (Fsp3) is 0.0800. The summed E-state index contributed by atoms with van der Waals surface area (Å²) in [5, 5.41) is 0. The lowest BCUT2D eigenvalue weighted by molar-refractivity contribution is 0.181. The van der Waals surface area contributed by atoms with E-state index in [0.29, 0.717) is 13.2 Å². The molecular formula is C25H20N2O2. The van der Waals surface area contributed by atoms with Gasteiger partial charge >= 0.3 is 6.09 Å². The first-order chi connectivity index (χ1) is 14.3. The van der Waals surface area contributed by atoms with Crippen LogP contribution in [0.15, 0.2) is 91.0 Å². The van der Waals surface area contributed by atoms with E-state index in [1.807, 2.05) is 54.6 Å². The molecule has 2 heterocycles. The quantitative estimate of drug-likeness (QED) is 0.474. The summed E-state index contributed by atoms with van der Waals surface area (Å²) >= 11 is 0. The zero-order valence-corrected chi connectivity index (χ0v) is 15.8. The molecule has 1 fully saturated rings. The zero-order chi connectivity index (χ0) is 19.6. The van der Waals surface area contributed by atoms with E-state index >= 15 is 0 Å². The third-order valence-electron chi connectivity index (χ3n) is 5.20. The Bertz CT molecular complexity index is 1140. The van der Waals surface area contributed by atoms with Crippen LogP contribution in [0, 0.1) is 0 Å². The van der Waals surface area contributed by atoms with Crippen LogP contribution in [-0.4, -0.2) is 24.2 Å². The Morgan fingerprint density at radius 2 is 1.21 bits per heavy atom. The second-order valence-electron chi connectivity index (χ2n) is 6.96. The van der Waals surface area contributed by atoms with Crippen LogP contribution in [0.1, 0.15) is 0 Å². The van der Waals surface area contributed by atoms with Crippen LogP contribution in [-0.2, 0) is 4.74 Å². The molecule has 1 aromatic heterocycles. The molecule has 4 nitrogen and oxygen atoms in total. The van der Waals surface area contributed by atoms with E-state index in [4.69, 9.17) is 4.74 Å². The van der Waals surface area contributed by atoms with Crippen molar-refractivity contribution in [2.45, 2.75) is 0 Å². The van der Waals surface area contributed by atoms with Gasteiger partial charge in [-0.1, -0.05) is 91.0 Å². The van der Waals surface area contributed by atoms with Crippen molar-refractivity contribution in [3.63, 3.8) is 0 Å². The molecule has 1 amide bonds. The number of aromatic nitrogens is 1. The topological polar surface area (TPSA) is 45.3 Å². The van der Waals surface area contributed by atoms with Gasteiger partial charge in [-0.2, -0.15) is 0 Å². The molecule has 1 aliphatic heterocycles. The molecule has 1 saturated heterocycles. The van der Waals surface area contributed by atoms with Gasteiger partial charge in [0, 0.05) is 11.1 Å². The van der Waals surface area contributed by atoms with Crippen LogP contribution in [0.4, 0.5) is 10.6 Å². The maximum atomic E-state index is 12.4. The first-order valence-electron chi connectivity index (χ1n) is 9.69. The lowest BCUT2D eigenvalue weighted by Crippen LogP contribution is -2.24. The molecule has 0 saturated carbocycles. The van der Waals surface area contributed by atoms with Gasteiger partial charge in [-0.05, 0) is 16.7 Å². The summed E-state index contributed by atoms with van der Waals surface area (Å²) in [6.07, 6.45) is -0.317. The first-order valence-corrected chi connectivity index (χ1v) is 9.69. The SMILES string of the molecule is O=C1OCCN1c1[nH]c(-c2ccccc2)c(-c2ccccc2)c1-c1ccccc1. The number of nitrogens with one attached hydrogen (secondary N) is 1. The van der Waals surface area contributed by atoms with Gasteiger partial charge in [-0.15, -0.1) is 0 Å². The fourth-order valence-corrected chi connectivity index (χ4v) is 3.89. The number of ether oxygens (including phenoxy) is 1. The lowest BCUT2D eigenvalue weighted by atomic mass is 9.94. The molecule has 4 heteroatoms. The molecule has 142 valence electrons. The fourth-order valence-electron chi connectivity index (χ4n) is 3.89. The maximum Gasteiger partial charge on any atom is 0.415 e. The number of amides is 1. The van der Waals surface area contributed by atoms with Crippen LogP contribution < -0.4 is 4.90 Å². The van der Waals surface area contributed by atoms with Gasteiger partial charge < -0.3 is 9.72 Å². The molecule has 0 aliphatic carbocycles. The summed E-state index contributed by atoms with van der Waals surface area (Å²) in [4.78, 5) is 17.7. The second-order valence-corrected chi connectivity index (χ2v) is 6.96. The summed E-state index contributed by atoms with van der Waals surface area (Å²) in [5.41, 5.74) is 6.31. The van der Waals surface area contributed by atoms with Crippen LogP contribution in [0.25, 0.3) is 33.5 Å². The minimum Gasteiger partial charge on any atom is -0.447 e. The largest absolute Gasteiger partial charge is 0.447 e. The van der Waals surface area contributed by atoms with Crippen LogP contribution in [0.5, 0.6) is 0 Å². The zero-order valence-electron chi connectivity index (χ0n) is 15.8. The van der Waals surface area contributed by atoms with E-state index in [9.17, 15) is 4.79 Å². The van der Waals surface area contributed by atoms with Gasteiger partial charge in [0.1, 0.15) is 12.4 Å². The van der Waals surface area contributed by atoms with E-state index in [0.717, 1.165) is 39.3 Å². The predicted molar refractivity (Wildman–Crippen MR) is 116 cm³/mol. The third kappa shape index (κ3) is 3.09. The molecule has 29 heavy (non-hydrogen) atoms. The van der Waals surface area contributed by atoms with Crippen molar-refractivity contribution in [1.82, 2.24) is 4.98 Å². The summed E-state index contributed by atoms with van der Waals surface area (Å²) in [5.74, 6) is 0.774. The molecule has 0 radical (unpaired) electrons. The van der Waals surface area contributed by atoms with Gasteiger partial charge in [0.2, 0.25) is 0 Å². The number of anilines is 1. The van der Waals surface area contributed by atoms with Crippen LogP contribution in [0.3, 0.4) is 0 Å². The molecule has 1 aliphatic rings. The van der Waals surface area contributed by atoms with Crippen molar-refractivity contribution in [3.8, 4) is 33.5 Å². The maximum absolute atomic E-state index is 12.4. The van der Waals surface area contributed by atoms with Crippen molar-refractivity contribution >= 4 is 11.9 Å². The minimum atomic E-state index is -0.317. The molecule has 0 spiro atoms. The third-order valence-corrected chi connectivity index (χ3v) is 5.20. The van der Waals surface area contributed by atoms with Gasteiger partial charge in [0.05, 0.1) is 12.2 Å². The highest BCUT2D eigenvalue weighted by atomic mass is 16.6. The van der Waals surface area contributed by atoms with Gasteiger partial charge in [-0.25, -0.2) is 4.79 Å². The number of nitrogens with zero attached hydrogens (tertiary/aromatic N) is 1. The van der Waals surface area contributed by atoms with E-state index in [-0.39, 0.29) is 6.09 Å². The number of hydrogen-bond donors (Lipinski definition) is 1. The Balaban J connectivity index is 1.85. The Labute approximate surface area is 169 Å². The summed E-state index contributed by atoms with van der Waals surface area (Å²) in [6.45, 7) is 0.926. The molecule has 0 atom stereocenters. The number of hydrogen-bond acceptors (Lipinski definition) is 2. The van der Waals surface area contributed by atoms with Crippen molar-refractivity contribution in [1.29, 1.82) is 0 Å². The summed E-state index contributed by atoms with van der Waals surface area (Å²) in [7, 11) is 0. The molecule has 0 bridgehead atoms. The lowest BCUT2D eigenvalue weighted by Gasteiger charge is -2.15. The van der Waals surface area contributed by atoms with Crippen LogP contribution in [0.2, 0.25) is 0 Å². The number of cyclic esters (lactones) is 1. The Morgan fingerprint density at radius 3 is 1.72 bits per heavy atom. The number of benzene rings is 3. The van der Waals surface area contributed by atoms with E-state index in [2.05, 4.69) is 41.4 Å². The average molecular weight is 380 g/mol. The average Bonchev–Trinajstić information content (AvgIpc) is 3.39. The number of aromatic amines is 1. The number of carbonyl (C=O) groups is 1. The number of carbonyl (C=O) groups excluding carboxylic acids is 1. The Kier molecular flexibility index (Phi) is 4.37. The molecule has 1 N–H and O–H groups in total. The van der Waals surface area contributed by atoms with Crippen molar-refractivity contribution in [2.24, 2.45) is 0 Å². The van der Waals surface area contributed by atoms with Gasteiger partial charge in [0.25, 0.3) is 0 Å². The highest BCUT2D eigenvalue weighted by Gasteiger charge is 2.31. The van der Waals surface area contributed by atoms with Crippen LogP contribution >= 0.6 is 0 Å². The second kappa shape index (κ2) is 7.32. The van der Waals surface area contributed by atoms with Crippen molar-refractivity contribution in [2.75, 3.05) is 18.1 Å². The smallest absolute Gasteiger partial charge is 0.415 e. The monoisotopic (exact) mass is 380 g/mol. The van der Waals surface area contributed by atoms with Crippen molar-refractivity contribution < 1.29 is 9.53 Å². The number of rotatable bonds is 4. The Hall–Kier alpha value is -3.79. The Morgan fingerprint density at radius 1 is 0.690 bits per heavy atom. The van der Waals surface area contributed by atoms with Gasteiger partial charge in [0.15, 0.2) is 0 Å². The highest BCUT2D eigenvalue weighted by Crippen LogP contribution is 2.46. The summed E-state index contributed by atoms with van der Waals surface area (Å²) < 4.78 is 5.24. The van der Waals surface area contributed by atoms with E-state index in [1.54, 1.807) is 4.90 Å². The standard InChI is InChI=1S/C25H20N2O2/c28-25-27(16-17-29-25)24-22(19-12-6-2-7-13-19)21(18-10-4-1-5-11-18)23(26-24)20-14-8-3-9-15-20/h1-15,26H,16-17H2. The molecule has 4 aromatic rings. The number of H-pyrrole nitrogens is 1. The van der Waals surface area contributed by atoms with Crippen molar-refractivity contribution in [3.05, 3.63) is 91.0 Å². The van der Waals surface area contributed by atoms with Gasteiger partial charge in [-0.3, -0.25) is 4.90 Å². The molecular weight excluding hydrogens is 360 g/mol. The molecule has 3 aromatic carbocycles. The molecule has 5 rings (SSSR count). The van der Waals surface area contributed by atoms with E-state index in [1.165, 1.54) is 0 Å². The first kappa shape index (κ1) is 17.3. The highest BCUT2D eigenvalue weighted by molar-refractivity contribution is 6.04. The predicted octanol–water partition coefficient (Wildman–Crippen LogP) is 5.97. The van der Waals surface area contributed by atoms with E-state index < -0.39 is 0 Å².